The molecule has 1 amide bonds. The average molecular weight is 323 g/mol. The maximum atomic E-state index is 12.6. The normalized spacial score (nSPS) is 14.9. The first-order valence-electron chi connectivity index (χ1n) is 8.07. The number of nitrogens with zero attached hydrogens (tertiary/aromatic N) is 4. The number of aromatic amines is 1. The van der Waals surface area contributed by atoms with Crippen molar-refractivity contribution < 1.29 is 4.79 Å². The van der Waals surface area contributed by atoms with Gasteiger partial charge in [0.05, 0.1) is 11.9 Å². The number of hydrogen-bond acceptors (Lipinski definition) is 4. The molecule has 4 rings (SSSR count). The van der Waals surface area contributed by atoms with Gasteiger partial charge in [0, 0.05) is 13.1 Å². The lowest BCUT2D eigenvalue weighted by Gasteiger charge is -2.25. The Hall–Kier alpha value is -2.96. The van der Waals surface area contributed by atoms with Crippen LogP contribution < -0.4 is 5.56 Å². The van der Waals surface area contributed by atoms with E-state index in [1.165, 1.54) is 4.52 Å². The van der Waals surface area contributed by atoms with Crippen LogP contribution in [0.25, 0.3) is 16.8 Å². The molecule has 1 fully saturated rings. The molecule has 7 nitrogen and oxygen atoms in total. The van der Waals surface area contributed by atoms with Crippen LogP contribution in [0.3, 0.4) is 0 Å². The first kappa shape index (κ1) is 14.6. The van der Waals surface area contributed by atoms with Gasteiger partial charge in [0.2, 0.25) is 0 Å². The fourth-order valence-electron chi connectivity index (χ4n) is 3.09. The van der Waals surface area contributed by atoms with Crippen molar-refractivity contribution in [3.63, 3.8) is 0 Å². The summed E-state index contributed by atoms with van der Waals surface area (Å²) in [5, 5.41) is 7.95. The molecule has 1 N–H and O–H groups in total. The molecular formula is C17H17N5O2. The predicted molar refractivity (Wildman–Crippen MR) is 88.8 cm³/mol. The van der Waals surface area contributed by atoms with Crippen molar-refractivity contribution in [3.8, 4) is 11.3 Å². The maximum Gasteiger partial charge on any atom is 0.276 e. The predicted octanol–water partition coefficient (Wildman–Crippen LogP) is 1.71. The van der Waals surface area contributed by atoms with E-state index in [1.807, 2.05) is 30.3 Å². The van der Waals surface area contributed by atoms with Crippen LogP contribution >= 0.6 is 0 Å². The van der Waals surface area contributed by atoms with Crippen molar-refractivity contribution >= 4 is 11.4 Å². The van der Waals surface area contributed by atoms with Crippen molar-refractivity contribution in [2.24, 2.45) is 0 Å². The minimum atomic E-state index is -0.360. The van der Waals surface area contributed by atoms with Crippen LogP contribution in [0.2, 0.25) is 0 Å². The second kappa shape index (κ2) is 5.92. The zero-order valence-corrected chi connectivity index (χ0v) is 13.1. The molecule has 0 saturated carbocycles. The summed E-state index contributed by atoms with van der Waals surface area (Å²) >= 11 is 0. The van der Waals surface area contributed by atoms with Crippen molar-refractivity contribution in [1.29, 1.82) is 0 Å². The molecule has 0 aliphatic carbocycles. The van der Waals surface area contributed by atoms with Crippen molar-refractivity contribution in [1.82, 2.24) is 24.7 Å². The number of H-pyrrole nitrogens is 1. The molecular weight excluding hydrogens is 306 g/mol. The van der Waals surface area contributed by atoms with Crippen LogP contribution in [-0.2, 0) is 0 Å². The summed E-state index contributed by atoms with van der Waals surface area (Å²) in [5.74, 6) is -0.220. The highest BCUT2D eigenvalue weighted by Crippen LogP contribution is 2.17. The Labute approximate surface area is 137 Å². The summed E-state index contributed by atoms with van der Waals surface area (Å²) in [4.78, 5) is 29.7. The number of fused-ring (bicyclic) bond motifs is 1. The van der Waals surface area contributed by atoms with E-state index in [1.54, 1.807) is 11.1 Å². The topological polar surface area (TPSA) is 83.4 Å². The van der Waals surface area contributed by atoms with Gasteiger partial charge < -0.3 is 9.88 Å². The summed E-state index contributed by atoms with van der Waals surface area (Å²) in [6.45, 7) is 1.41. The van der Waals surface area contributed by atoms with Gasteiger partial charge >= 0.3 is 0 Å². The Morgan fingerprint density at radius 2 is 1.83 bits per heavy atom. The fraction of sp³-hybridized carbons (Fsp3) is 0.294. The number of amides is 1. The van der Waals surface area contributed by atoms with Gasteiger partial charge in [-0.05, 0) is 24.8 Å². The third-order valence-electron chi connectivity index (χ3n) is 4.34. The van der Waals surface area contributed by atoms with Gasteiger partial charge in [0.15, 0.2) is 11.2 Å². The molecule has 1 aliphatic rings. The van der Waals surface area contributed by atoms with E-state index in [-0.39, 0.29) is 22.7 Å². The van der Waals surface area contributed by atoms with E-state index in [2.05, 4.69) is 15.3 Å². The SMILES string of the molecule is O=C(c1nnn2cc(-c3ccccc3)[nH]c(=O)c12)N1CCCCC1. The molecule has 1 aromatic carbocycles. The molecule has 1 saturated heterocycles. The average Bonchev–Trinajstić information content (AvgIpc) is 3.07. The highest BCUT2D eigenvalue weighted by atomic mass is 16.2. The first-order valence-corrected chi connectivity index (χ1v) is 8.07. The number of piperidine rings is 1. The van der Waals surface area contributed by atoms with E-state index in [4.69, 9.17) is 0 Å². The van der Waals surface area contributed by atoms with Crippen LogP contribution in [0.5, 0.6) is 0 Å². The number of rotatable bonds is 2. The summed E-state index contributed by atoms with van der Waals surface area (Å²) in [7, 11) is 0. The number of likely N-dealkylation sites (tertiary alicyclic amines) is 1. The minimum Gasteiger partial charge on any atom is -0.337 e. The quantitative estimate of drug-likeness (QED) is 0.778. The van der Waals surface area contributed by atoms with Crippen LogP contribution in [0, 0.1) is 0 Å². The smallest absolute Gasteiger partial charge is 0.276 e. The van der Waals surface area contributed by atoms with Gasteiger partial charge in [-0.3, -0.25) is 9.59 Å². The second-order valence-electron chi connectivity index (χ2n) is 5.95. The Morgan fingerprint density at radius 1 is 1.08 bits per heavy atom. The number of benzene rings is 1. The molecule has 3 aromatic rings. The van der Waals surface area contributed by atoms with Crippen LogP contribution in [0.15, 0.2) is 41.3 Å². The third-order valence-corrected chi connectivity index (χ3v) is 4.34. The fourth-order valence-corrected chi connectivity index (χ4v) is 3.09. The molecule has 24 heavy (non-hydrogen) atoms. The van der Waals surface area contributed by atoms with Gasteiger partial charge in [-0.15, -0.1) is 5.10 Å². The maximum absolute atomic E-state index is 12.6. The van der Waals surface area contributed by atoms with Gasteiger partial charge in [-0.25, -0.2) is 4.52 Å². The molecule has 0 atom stereocenters. The first-order chi connectivity index (χ1) is 11.7. The molecule has 7 heteroatoms. The van der Waals surface area contributed by atoms with E-state index in [9.17, 15) is 9.59 Å². The minimum absolute atomic E-state index is 0.123. The summed E-state index contributed by atoms with van der Waals surface area (Å²) < 4.78 is 1.39. The van der Waals surface area contributed by atoms with Crippen LogP contribution in [-0.4, -0.2) is 43.7 Å². The van der Waals surface area contributed by atoms with Gasteiger partial charge in [0.1, 0.15) is 0 Å². The summed E-state index contributed by atoms with van der Waals surface area (Å²) in [6.07, 6.45) is 4.79. The van der Waals surface area contributed by atoms with Gasteiger partial charge in [-0.2, -0.15) is 0 Å². The molecule has 122 valence electrons. The van der Waals surface area contributed by atoms with Crippen LogP contribution in [0.1, 0.15) is 29.8 Å². The largest absolute Gasteiger partial charge is 0.337 e. The monoisotopic (exact) mass is 323 g/mol. The lowest BCUT2D eigenvalue weighted by Crippen LogP contribution is -2.36. The summed E-state index contributed by atoms with van der Waals surface area (Å²) in [5.41, 5.74) is 1.47. The van der Waals surface area contributed by atoms with E-state index >= 15 is 0 Å². The second-order valence-corrected chi connectivity index (χ2v) is 5.95. The van der Waals surface area contributed by atoms with Crippen molar-refractivity contribution in [2.45, 2.75) is 19.3 Å². The molecule has 3 heterocycles. The van der Waals surface area contributed by atoms with Crippen molar-refractivity contribution in [3.05, 3.63) is 52.6 Å². The number of carbonyl (C=O) groups excluding carboxylic acids is 1. The molecule has 1 aliphatic heterocycles. The number of hydrogen-bond donors (Lipinski definition) is 1. The molecule has 2 aromatic heterocycles. The van der Waals surface area contributed by atoms with Crippen LogP contribution in [0.4, 0.5) is 0 Å². The Kier molecular flexibility index (Phi) is 3.60. The number of aromatic nitrogens is 4. The van der Waals surface area contributed by atoms with E-state index in [0.717, 1.165) is 24.8 Å². The zero-order chi connectivity index (χ0) is 16.5. The number of carbonyl (C=O) groups is 1. The summed E-state index contributed by atoms with van der Waals surface area (Å²) in [6, 6.07) is 9.49. The zero-order valence-electron chi connectivity index (χ0n) is 13.1. The van der Waals surface area contributed by atoms with E-state index in [0.29, 0.717) is 18.8 Å². The highest BCUT2D eigenvalue weighted by Gasteiger charge is 2.25. The standard InChI is InChI=1S/C17H17N5O2/c23-16-15-14(17(24)21-9-5-2-6-10-21)19-20-22(15)11-13(18-16)12-7-3-1-4-8-12/h1,3-4,7-8,11H,2,5-6,9-10H2,(H,18,23). The van der Waals surface area contributed by atoms with Gasteiger partial charge in [-0.1, -0.05) is 35.5 Å². The highest BCUT2D eigenvalue weighted by molar-refractivity contribution is 5.98. The Morgan fingerprint density at radius 3 is 2.58 bits per heavy atom. The Balaban J connectivity index is 1.77. The molecule has 0 spiro atoms. The lowest BCUT2D eigenvalue weighted by molar-refractivity contribution is 0.0720. The van der Waals surface area contributed by atoms with E-state index < -0.39 is 0 Å². The number of nitrogens with one attached hydrogen (secondary N) is 1. The Bertz CT molecular complexity index is 939. The van der Waals surface area contributed by atoms with Gasteiger partial charge in [0.25, 0.3) is 11.5 Å². The molecule has 0 radical (unpaired) electrons. The molecule has 0 unspecified atom stereocenters. The van der Waals surface area contributed by atoms with Crippen molar-refractivity contribution in [2.75, 3.05) is 13.1 Å². The molecule has 0 bridgehead atoms. The third kappa shape index (κ3) is 2.47. The lowest BCUT2D eigenvalue weighted by atomic mass is 10.1.